The molecule has 2 aliphatic rings. The fraction of sp³-hybridized carbons (Fsp3) is 0.583. The SMILES string of the molecule is Brc1cncc2c1N(C1CCOCC1)CCN2. The number of ether oxygens (including phenoxy) is 1. The van der Waals surface area contributed by atoms with Crippen molar-refractivity contribution >= 4 is 27.3 Å². The quantitative estimate of drug-likeness (QED) is 0.863. The van der Waals surface area contributed by atoms with E-state index < -0.39 is 0 Å². The lowest BCUT2D eigenvalue weighted by Gasteiger charge is -2.40. The number of pyridine rings is 1. The Bertz CT molecular complexity index is 407. The van der Waals surface area contributed by atoms with E-state index in [1.165, 1.54) is 5.69 Å². The van der Waals surface area contributed by atoms with Crippen molar-refractivity contribution in [1.82, 2.24) is 4.98 Å². The van der Waals surface area contributed by atoms with Crippen molar-refractivity contribution in [1.29, 1.82) is 0 Å². The van der Waals surface area contributed by atoms with Crippen molar-refractivity contribution in [3.05, 3.63) is 16.9 Å². The van der Waals surface area contributed by atoms with Gasteiger partial charge in [0.2, 0.25) is 0 Å². The topological polar surface area (TPSA) is 37.4 Å². The fourth-order valence-electron chi connectivity index (χ4n) is 2.63. The molecule has 2 aliphatic heterocycles. The van der Waals surface area contributed by atoms with Gasteiger partial charge >= 0.3 is 0 Å². The highest BCUT2D eigenvalue weighted by atomic mass is 79.9. The van der Waals surface area contributed by atoms with Crippen molar-refractivity contribution in [2.45, 2.75) is 18.9 Å². The Kier molecular flexibility index (Phi) is 3.20. The highest BCUT2D eigenvalue weighted by molar-refractivity contribution is 9.10. The van der Waals surface area contributed by atoms with E-state index in [9.17, 15) is 0 Å². The summed E-state index contributed by atoms with van der Waals surface area (Å²) in [6.45, 7) is 3.81. The molecule has 0 spiro atoms. The van der Waals surface area contributed by atoms with Gasteiger partial charge in [0.05, 0.1) is 22.0 Å². The molecule has 0 atom stereocenters. The predicted molar refractivity (Wildman–Crippen MR) is 71.6 cm³/mol. The Morgan fingerprint density at radius 2 is 2.18 bits per heavy atom. The van der Waals surface area contributed by atoms with Gasteiger partial charge in [-0.1, -0.05) is 0 Å². The second-order valence-corrected chi connectivity index (χ2v) is 5.34. The first kappa shape index (κ1) is 11.3. The molecule has 4 nitrogen and oxygen atoms in total. The molecule has 3 rings (SSSR count). The second kappa shape index (κ2) is 4.82. The summed E-state index contributed by atoms with van der Waals surface area (Å²) in [5, 5.41) is 3.41. The van der Waals surface area contributed by atoms with Gasteiger partial charge < -0.3 is 15.0 Å². The van der Waals surface area contributed by atoms with Gasteiger partial charge in [0, 0.05) is 38.5 Å². The first-order chi connectivity index (χ1) is 8.36. The molecule has 0 amide bonds. The molecule has 0 unspecified atom stereocenters. The Labute approximate surface area is 109 Å². The molecule has 92 valence electrons. The number of halogens is 1. The number of fused-ring (bicyclic) bond motifs is 1. The van der Waals surface area contributed by atoms with Crippen LogP contribution in [-0.4, -0.2) is 37.3 Å². The number of aromatic nitrogens is 1. The van der Waals surface area contributed by atoms with Crippen LogP contribution in [0.2, 0.25) is 0 Å². The summed E-state index contributed by atoms with van der Waals surface area (Å²) < 4.78 is 6.52. The van der Waals surface area contributed by atoms with Crippen molar-refractivity contribution in [2.75, 3.05) is 36.5 Å². The van der Waals surface area contributed by atoms with E-state index in [1.54, 1.807) is 0 Å². The third-order valence-electron chi connectivity index (χ3n) is 3.46. The molecule has 0 aromatic carbocycles. The molecule has 1 fully saturated rings. The second-order valence-electron chi connectivity index (χ2n) is 4.48. The van der Waals surface area contributed by atoms with Gasteiger partial charge in [0.15, 0.2) is 0 Å². The molecule has 1 saturated heterocycles. The van der Waals surface area contributed by atoms with Gasteiger partial charge in [0.1, 0.15) is 0 Å². The third-order valence-corrected chi connectivity index (χ3v) is 4.04. The van der Waals surface area contributed by atoms with Crippen LogP contribution in [0.1, 0.15) is 12.8 Å². The molecule has 1 aromatic heterocycles. The zero-order valence-corrected chi connectivity index (χ0v) is 11.2. The minimum absolute atomic E-state index is 0.600. The lowest BCUT2D eigenvalue weighted by molar-refractivity contribution is 0.0844. The van der Waals surface area contributed by atoms with Crippen LogP contribution in [0.5, 0.6) is 0 Å². The van der Waals surface area contributed by atoms with Gasteiger partial charge in [-0.2, -0.15) is 0 Å². The molecule has 1 N–H and O–H groups in total. The zero-order valence-electron chi connectivity index (χ0n) is 9.66. The summed E-state index contributed by atoms with van der Waals surface area (Å²) in [5.41, 5.74) is 2.40. The monoisotopic (exact) mass is 297 g/mol. The molecule has 5 heteroatoms. The lowest BCUT2D eigenvalue weighted by atomic mass is 10.0. The minimum atomic E-state index is 0.600. The van der Waals surface area contributed by atoms with Crippen molar-refractivity contribution in [3.8, 4) is 0 Å². The van der Waals surface area contributed by atoms with Crippen LogP contribution in [0.15, 0.2) is 16.9 Å². The van der Waals surface area contributed by atoms with Crippen LogP contribution in [0.3, 0.4) is 0 Å². The van der Waals surface area contributed by atoms with Crippen LogP contribution in [0, 0.1) is 0 Å². The Balaban J connectivity index is 1.92. The Hall–Kier alpha value is -0.810. The summed E-state index contributed by atoms with van der Waals surface area (Å²) in [4.78, 5) is 6.72. The van der Waals surface area contributed by atoms with E-state index in [0.717, 1.165) is 49.3 Å². The molecular weight excluding hydrogens is 282 g/mol. The van der Waals surface area contributed by atoms with E-state index in [0.29, 0.717) is 6.04 Å². The third kappa shape index (κ3) is 2.13. The van der Waals surface area contributed by atoms with E-state index in [2.05, 4.69) is 31.1 Å². The maximum absolute atomic E-state index is 5.44. The lowest BCUT2D eigenvalue weighted by Crippen LogP contribution is -2.44. The van der Waals surface area contributed by atoms with Gasteiger partial charge in [-0.15, -0.1) is 0 Å². The predicted octanol–water partition coefficient (Wildman–Crippen LogP) is 2.25. The van der Waals surface area contributed by atoms with Crippen molar-refractivity contribution < 1.29 is 4.74 Å². The highest BCUT2D eigenvalue weighted by Crippen LogP contribution is 2.37. The number of hydrogen-bond acceptors (Lipinski definition) is 4. The van der Waals surface area contributed by atoms with Crippen LogP contribution in [-0.2, 0) is 4.74 Å². The van der Waals surface area contributed by atoms with Crippen LogP contribution in [0.4, 0.5) is 11.4 Å². The number of nitrogens with one attached hydrogen (secondary N) is 1. The van der Waals surface area contributed by atoms with E-state index >= 15 is 0 Å². The maximum atomic E-state index is 5.44. The maximum Gasteiger partial charge on any atom is 0.0781 e. The molecule has 0 bridgehead atoms. The first-order valence-corrected chi connectivity index (χ1v) is 6.87. The van der Waals surface area contributed by atoms with Gasteiger partial charge in [-0.05, 0) is 28.8 Å². The van der Waals surface area contributed by atoms with Crippen LogP contribution in [0.25, 0.3) is 0 Å². The van der Waals surface area contributed by atoms with E-state index in [-0.39, 0.29) is 0 Å². The van der Waals surface area contributed by atoms with Gasteiger partial charge in [0.25, 0.3) is 0 Å². The summed E-state index contributed by atoms with van der Waals surface area (Å²) >= 11 is 3.61. The number of anilines is 2. The highest BCUT2D eigenvalue weighted by Gasteiger charge is 2.27. The molecular formula is C12H16BrN3O. The molecule has 0 radical (unpaired) electrons. The molecule has 3 heterocycles. The number of hydrogen-bond donors (Lipinski definition) is 1. The molecule has 0 aliphatic carbocycles. The van der Waals surface area contributed by atoms with E-state index in [4.69, 9.17) is 4.74 Å². The van der Waals surface area contributed by atoms with Crippen LogP contribution >= 0.6 is 15.9 Å². The van der Waals surface area contributed by atoms with Crippen molar-refractivity contribution in [3.63, 3.8) is 0 Å². The average Bonchev–Trinajstić information content (AvgIpc) is 2.39. The van der Waals surface area contributed by atoms with E-state index in [1.807, 2.05) is 12.4 Å². The molecule has 1 aromatic rings. The largest absolute Gasteiger partial charge is 0.381 e. The average molecular weight is 298 g/mol. The standard InChI is InChI=1S/C12H16BrN3O/c13-10-7-14-8-11-12(10)16(4-3-15-11)9-1-5-17-6-2-9/h7-9,15H,1-6H2. The Morgan fingerprint density at radius 3 is 3.00 bits per heavy atom. The molecule has 0 saturated carbocycles. The Morgan fingerprint density at radius 1 is 1.35 bits per heavy atom. The summed E-state index contributed by atoms with van der Waals surface area (Å²) in [6.07, 6.45) is 6.02. The summed E-state index contributed by atoms with van der Waals surface area (Å²) in [6, 6.07) is 0.600. The van der Waals surface area contributed by atoms with Gasteiger partial charge in [-0.3, -0.25) is 4.98 Å². The normalized spacial score (nSPS) is 20.9. The van der Waals surface area contributed by atoms with Crippen LogP contribution < -0.4 is 10.2 Å². The number of nitrogens with zero attached hydrogens (tertiary/aromatic N) is 2. The number of rotatable bonds is 1. The molecule has 17 heavy (non-hydrogen) atoms. The smallest absolute Gasteiger partial charge is 0.0781 e. The van der Waals surface area contributed by atoms with Crippen molar-refractivity contribution in [2.24, 2.45) is 0 Å². The first-order valence-electron chi connectivity index (χ1n) is 6.08. The summed E-state index contributed by atoms with van der Waals surface area (Å²) in [5.74, 6) is 0. The van der Waals surface area contributed by atoms with Gasteiger partial charge in [-0.25, -0.2) is 0 Å². The summed E-state index contributed by atoms with van der Waals surface area (Å²) in [7, 11) is 0. The fourth-order valence-corrected chi connectivity index (χ4v) is 3.19. The minimum Gasteiger partial charge on any atom is -0.381 e. The zero-order chi connectivity index (χ0) is 11.7.